The topological polar surface area (TPSA) is 20.2 Å². The second-order valence-corrected chi connectivity index (χ2v) is 4.33. The van der Waals surface area contributed by atoms with Gasteiger partial charge in [-0.1, -0.05) is 29.3 Å². The molecule has 0 saturated heterocycles. The van der Waals surface area contributed by atoms with E-state index in [1.165, 1.54) is 0 Å². The van der Waals surface area contributed by atoms with Crippen LogP contribution in [0.25, 0.3) is 0 Å². The van der Waals surface area contributed by atoms with Crippen LogP contribution in [-0.2, 0) is 0 Å². The van der Waals surface area contributed by atoms with Crippen LogP contribution in [0.2, 0.25) is 10.0 Å². The predicted molar refractivity (Wildman–Crippen MR) is 54.4 cm³/mol. The average Bonchev–Trinajstić information content (AvgIpc) is 2.00. The van der Waals surface area contributed by atoms with Crippen LogP contribution in [0, 0.1) is 0 Å². The van der Waals surface area contributed by atoms with Crippen molar-refractivity contribution in [1.29, 1.82) is 0 Å². The van der Waals surface area contributed by atoms with Gasteiger partial charge in [0, 0.05) is 10.0 Å². The zero-order valence-corrected chi connectivity index (χ0v) is 8.52. The number of hydrogen-bond acceptors (Lipinski definition) is 1. The number of hydrogen-bond donors (Lipinski definition) is 1. The van der Waals surface area contributed by atoms with Crippen LogP contribution in [0.4, 0.5) is 0 Å². The Morgan fingerprint density at radius 2 is 1.92 bits per heavy atom. The van der Waals surface area contributed by atoms with E-state index in [1.54, 1.807) is 6.07 Å². The molecule has 3 heteroatoms. The lowest BCUT2D eigenvalue weighted by atomic mass is 9.78. The van der Waals surface area contributed by atoms with Crippen LogP contribution in [-0.4, -0.2) is 11.2 Å². The lowest BCUT2D eigenvalue weighted by Gasteiger charge is -2.32. The molecule has 1 saturated carbocycles. The van der Waals surface area contributed by atoms with Gasteiger partial charge in [-0.2, -0.15) is 0 Å². The third-order valence-electron chi connectivity index (χ3n) is 2.52. The number of aliphatic hydroxyl groups is 1. The molecule has 0 aromatic heterocycles. The molecule has 0 amide bonds. The van der Waals surface area contributed by atoms with Gasteiger partial charge < -0.3 is 5.11 Å². The van der Waals surface area contributed by atoms with Gasteiger partial charge in [-0.05, 0) is 36.5 Å². The second kappa shape index (κ2) is 3.49. The quantitative estimate of drug-likeness (QED) is 0.765. The summed E-state index contributed by atoms with van der Waals surface area (Å²) in [5, 5.41) is 10.5. The average molecular weight is 217 g/mol. The molecule has 13 heavy (non-hydrogen) atoms. The molecule has 0 unspecified atom stereocenters. The van der Waals surface area contributed by atoms with Crippen LogP contribution < -0.4 is 0 Å². The minimum atomic E-state index is -0.142. The van der Waals surface area contributed by atoms with Crippen molar-refractivity contribution in [3.05, 3.63) is 33.8 Å². The van der Waals surface area contributed by atoms with Crippen molar-refractivity contribution >= 4 is 23.2 Å². The van der Waals surface area contributed by atoms with Gasteiger partial charge in [0.05, 0.1) is 6.10 Å². The van der Waals surface area contributed by atoms with Crippen LogP contribution in [0.3, 0.4) is 0 Å². The smallest absolute Gasteiger partial charge is 0.0552 e. The van der Waals surface area contributed by atoms with Crippen molar-refractivity contribution < 1.29 is 5.11 Å². The van der Waals surface area contributed by atoms with E-state index in [0.717, 1.165) is 18.4 Å². The zero-order chi connectivity index (χ0) is 9.42. The van der Waals surface area contributed by atoms with Gasteiger partial charge in [0.2, 0.25) is 0 Å². The van der Waals surface area contributed by atoms with Crippen LogP contribution >= 0.6 is 23.2 Å². The Kier molecular flexibility index (Phi) is 2.50. The molecule has 0 bridgehead atoms. The molecule has 70 valence electrons. The molecular formula is C10H10Cl2O. The predicted octanol–water partition coefficient (Wildman–Crippen LogP) is 3.23. The normalized spacial score (nSPS) is 27.0. The van der Waals surface area contributed by atoms with E-state index >= 15 is 0 Å². The Morgan fingerprint density at radius 3 is 2.46 bits per heavy atom. The van der Waals surface area contributed by atoms with E-state index in [9.17, 15) is 0 Å². The van der Waals surface area contributed by atoms with Gasteiger partial charge in [0.25, 0.3) is 0 Å². The highest BCUT2D eigenvalue weighted by molar-refractivity contribution is 6.35. The molecular weight excluding hydrogens is 207 g/mol. The Hall–Kier alpha value is -0.240. The molecule has 1 fully saturated rings. The Balaban J connectivity index is 2.21. The molecule has 1 N–H and O–H groups in total. The molecule has 0 spiro atoms. The van der Waals surface area contributed by atoms with Crippen molar-refractivity contribution in [2.45, 2.75) is 24.9 Å². The molecule has 1 aromatic rings. The molecule has 1 aliphatic rings. The summed E-state index contributed by atoms with van der Waals surface area (Å²) < 4.78 is 0. The van der Waals surface area contributed by atoms with Gasteiger partial charge in [0.15, 0.2) is 0 Å². The Bertz CT molecular complexity index is 319. The van der Waals surface area contributed by atoms with Crippen molar-refractivity contribution in [3.63, 3.8) is 0 Å². The molecule has 1 aliphatic carbocycles. The summed E-state index contributed by atoms with van der Waals surface area (Å²) in [6.45, 7) is 0. The lowest BCUT2D eigenvalue weighted by Crippen LogP contribution is -2.26. The summed E-state index contributed by atoms with van der Waals surface area (Å²) in [6.07, 6.45) is 1.50. The highest BCUT2D eigenvalue weighted by Gasteiger charge is 2.29. The summed E-state index contributed by atoms with van der Waals surface area (Å²) in [5.74, 6) is 0.416. The van der Waals surface area contributed by atoms with E-state index in [0.29, 0.717) is 16.0 Å². The molecule has 1 nitrogen and oxygen atoms in total. The monoisotopic (exact) mass is 216 g/mol. The van der Waals surface area contributed by atoms with Gasteiger partial charge in [-0.15, -0.1) is 0 Å². The van der Waals surface area contributed by atoms with Crippen molar-refractivity contribution in [2.75, 3.05) is 0 Å². The van der Waals surface area contributed by atoms with Gasteiger partial charge in [-0.3, -0.25) is 0 Å². The maximum atomic E-state index is 9.16. The Morgan fingerprint density at radius 1 is 1.23 bits per heavy atom. The highest BCUT2D eigenvalue weighted by atomic mass is 35.5. The molecule has 0 heterocycles. The summed E-state index contributed by atoms with van der Waals surface area (Å²) in [5.41, 5.74) is 1.11. The summed E-state index contributed by atoms with van der Waals surface area (Å²) >= 11 is 11.8. The molecule has 0 aliphatic heterocycles. The van der Waals surface area contributed by atoms with Crippen molar-refractivity contribution in [1.82, 2.24) is 0 Å². The first kappa shape index (κ1) is 9.32. The van der Waals surface area contributed by atoms with E-state index in [4.69, 9.17) is 28.3 Å². The molecule has 1 aromatic carbocycles. The standard InChI is InChI=1S/C10H10Cl2O/c11-7-1-2-9(10(12)5-7)6-3-8(13)4-6/h1-2,5-6,8,13H,3-4H2. The lowest BCUT2D eigenvalue weighted by molar-refractivity contribution is 0.0747. The van der Waals surface area contributed by atoms with E-state index in [2.05, 4.69) is 0 Å². The van der Waals surface area contributed by atoms with Crippen molar-refractivity contribution in [2.24, 2.45) is 0 Å². The van der Waals surface area contributed by atoms with Gasteiger partial charge in [0.1, 0.15) is 0 Å². The van der Waals surface area contributed by atoms with E-state index < -0.39 is 0 Å². The van der Waals surface area contributed by atoms with E-state index in [-0.39, 0.29) is 6.10 Å². The fraction of sp³-hybridized carbons (Fsp3) is 0.400. The maximum Gasteiger partial charge on any atom is 0.0552 e. The third-order valence-corrected chi connectivity index (χ3v) is 3.08. The van der Waals surface area contributed by atoms with Crippen LogP contribution in [0.15, 0.2) is 18.2 Å². The zero-order valence-electron chi connectivity index (χ0n) is 7.00. The van der Waals surface area contributed by atoms with Gasteiger partial charge >= 0.3 is 0 Å². The van der Waals surface area contributed by atoms with Gasteiger partial charge in [-0.25, -0.2) is 0 Å². The minimum absolute atomic E-state index is 0.142. The number of aliphatic hydroxyl groups excluding tert-OH is 1. The summed E-state index contributed by atoms with van der Waals surface area (Å²) in [4.78, 5) is 0. The second-order valence-electron chi connectivity index (χ2n) is 3.49. The SMILES string of the molecule is OC1CC(c2ccc(Cl)cc2Cl)C1. The van der Waals surface area contributed by atoms with Crippen molar-refractivity contribution in [3.8, 4) is 0 Å². The number of rotatable bonds is 1. The Labute approximate surface area is 87.3 Å². The fourth-order valence-corrected chi connectivity index (χ4v) is 2.24. The summed E-state index contributed by atoms with van der Waals surface area (Å²) in [7, 11) is 0. The van der Waals surface area contributed by atoms with Crippen LogP contribution in [0.1, 0.15) is 24.3 Å². The first-order valence-corrected chi connectivity index (χ1v) is 5.05. The molecule has 0 atom stereocenters. The number of halogens is 2. The van der Waals surface area contributed by atoms with E-state index in [1.807, 2.05) is 12.1 Å². The minimum Gasteiger partial charge on any atom is -0.393 e. The fourth-order valence-electron chi connectivity index (χ4n) is 1.67. The maximum absolute atomic E-state index is 9.16. The third kappa shape index (κ3) is 1.83. The first-order chi connectivity index (χ1) is 6.16. The van der Waals surface area contributed by atoms with Crippen LogP contribution in [0.5, 0.6) is 0 Å². The first-order valence-electron chi connectivity index (χ1n) is 4.30. The molecule has 0 radical (unpaired) electrons. The highest BCUT2D eigenvalue weighted by Crippen LogP contribution is 2.40. The molecule has 2 rings (SSSR count). The summed E-state index contributed by atoms with van der Waals surface area (Å²) in [6, 6.07) is 5.54. The number of benzene rings is 1. The largest absolute Gasteiger partial charge is 0.393 e.